The lowest BCUT2D eigenvalue weighted by atomic mass is 10.2. The molecular weight excluding hydrogens is 348 g/mol. The standard InChI is InChI=1S/C13H19ClN2O4S2/c1-13(2,3)20-12(17)15-6-8-16(9-7-15)22(18,19)11-5-4-10(14)21-11/h4-5H,6-9H2,1-3H3. The molecule has 1 aliphatic heterocycles. The van der Waals surface area contributed by atoms with Crippen molar-refractivity contribution in [2.24, 2.45) is 0 Å². The van der Waals surface area contributed by atoms with Crippen LogP contribution in [0, 0.1) is 0 Å². The Morgan fingerprint density at radius 3 is 2.27 bits per heavy atom. The monoisotopic (exact) mass is 366 g/mol. The Kier molecular flexibility index (Phi) is 5.06. The summed E-state index contributed by atoms with van der Waals surface area (Å²) >= 11 is 6.83. The first kappa shape index (κ1) is 17.5. The molecule has 0 radical (unpaired) electrons. The summed E-state index contributed by atoms with van der Waals surface area (Å²) in [6, 6.07) is 3.07. The molecule has 0 aromatic carbocycles. The average molecular weight is 367 g/mol. The van der Waals surface area contributed by atoms with Crippen LogP contribution in [0.15, 0.2) is 16.3 Å². The number of hydrogen-bond donors (Lipinski definition) is 0. The summed E-state index contributed by atoms with van der Waals surface area (Å²) in [4.78, 5) is 13.5. The van der Waals surface area contributed by atoms with E-state index >= 15 is 0 Å². The molecule has 0 atom stereocenters. The highest BCUT2D eigenvalue weighted by atomic mass is 35.5. The summed E-state index contributed by atoms with van der Waals surface area (Å²) in [5.41, 5.74) is -0.561. The Morgan fingerprint density at radius 2 is 1.82 bits per heavy atom. The number of rotatable bonds is 2. The van der Waals surface area contributed by atoms with Gasteiger partial charge in [-0.25, -0.2) is 13.2 Å². The van der Waals surface area contributed by atoms with Gasteiger partial charge in [-0.05, 0) is 32.9 Å². The maximum Gasteiger partial charge on any atom is 0.410 e. The second kappa shape index (κ2) is 6.35. The molecule has 1 aromatic rings. The number of nitrogens with zero attached hydrogens (tertiary/aromatic N) is 2. The first-order valence-electron chi connectivity index (χ1n) is 6.83. The third kappa shape index (κ3) is 4.13. The molecule has 22 heavy (non-hydrogen) atoms. The molecule has 0 N–H and O–H groups in total. The Bertz CT molecular complexity index is 643. The predicted octanol–water partition coefficient (Wildman–Crippen LogP) is 2.64. The van der Waals surface area contributed by atoms with Crippen LogP contribution in [0.3, 0.4) is 0 Å². The molecule has 9 heteroatoms. The lowest BCUT2D eigenvalue weighted by Crippen LogP contribution is -2.51. The first-order valence-corrected chi connectivity index (χ1v) is 9.46. The van der Waals surface area contributed by atoms with Crippen molar-refractivity contribution in [1.82, 2.24) is 9.21 Å². The van der Waals surface area contributed by atoms with Gasteiger partial charge in [0.1, 0.15) is 9.81 Å². The second-order valence-electron chi connectivity index (χ2n) is 5.93. The molecular formula is C13H19ClN2O4S2. The van der Waals surface area contributed by atoms with E-state index in [1.807, 2.05) is 0 Å². The average Bonchev–Trinajstić information content (AvgIpc) is 2.84. The number of halogens is 1. The number of piperazine rings is 1. The fourth-order valence-electron chi connectivity index (χ4n) is 2.00. The number of amides is 1. The Labute approximate surface area is 139 Å². The fourth-order valence-corrected chi connectivity index (χ4v) is 5.06. The first-order chi connectivity index (χ1) is 10.1. The number of hydrogen-bond acceptors (Lipinski definition) is 5. The van der Waals surface area contributed by atoms with E-state index in [2.05, 4.69) is 0 Å². The zero-order valence-electron chi connectivity index (χ0n) is 12.7. The largest absolute Gasteiger partial charge is 0.444 e. The van der Waals surface area contributed by atoms with Crippen LogP contribution in [-0.2, 0) is 14.8 Å². The summed E-state index contributed by atoms with van der Waals surface area (Å²) in [7, 11) is -3.54. The van der Waals surface area contributed by atoms with Gasteiger partial charge in [-0.3, -0.25) is 0 Å². The molecule has 1 aliphatic rings. The molecule has 1 amide bonds. The molecule has 124 valence electrons. The van der Waals surface area contributed by atoms with Gasteiger partial charge in [-0.15, -0.1) is 11.3 Å². The van der Waals surface area contributed by atoms with Crippen molar-refractivity contribution in [1.29, 1.82) is 0 Å². The van der Waals surface area contributed by atoms with E-state index in [0.29, 0.717) is 17.4 Å². The summed E-state index contributed by atoms with van der Waals surface area (Å²) in [5, 5.41) is 0. The Hall–Kier alpha value is -0.830. The summed E-state index contributed by atoms with van der Waals surface area (Å²) in [6.07, 6.45) is -0.413. The molecule has 0 bridgehead atoms. The van der Waals surface area contributed by atoms with Crippen molar-refractivity contribution in [2.45, 2.75) is 30.6 Å². The molecule has 1 aromatic heterocycles. The molecule has 0 unspecified atom stereocenters. The van der Waals surface area contributed by atoms with E-state index < -0.39 is 21.7 Å². The SMILES string of the molecule is CC(C)(C)OC(=O)N1CCN(S(=O)(=O)c2ccc(Cl)s2)CC1. The molecule has 1 saturated heterocycles. The number of sulfonamides is 1. The molecule has 6 nitrogen and oxygen atoms in total. The van der Waals surface area contributed by atoms with Crippen molar-refractivity contribution < 1.29 is 17.9 Å². The van der Waals surface area contributed by atoms with Crippen LogP contribution in [0.25, 0.3) is 0 Å². The van der Waals surface area contributed by atoms with Gasteiger partial charge in [-0.1, -0.05) is 11.6 Å². The minimum atomic E-state index is -3.54. The third-order valence-corrected chi connectivity index (χ3v) is 6.63. The summed E-state index contributed by atoms with van der Waals surface area (Å²) < 4.78 is 32.2. The van der Waals surface area contributed by atoms with E-state index in [1.54, 1.807) is 26.8 Å². The Balaban J connectivity index is 1.99. The normalized spacial score (nSPS) is 17.5. The van der Waals surface area contributed by atoms with Crippen molar-refractivity contribution in [3.63, 3.8) is 0 Å². The minimum absolute atomic E-state index is 0.225. The highest BCUT2D eigenvalue weighted by Crippen LogP contribution is 2.28. The smallest absolute Gasteiger partial charge is 0.410 e. The van der Waals surface area contributed by atoms with Gasteiger partial charge in [0.2, 0.25) is 0 Å². The van der Waals surface area contributed by atoms with E-state index in [0.717, 1.165) is 11.3 Å². The zero-order valence-corrected chi connectivity index (χ0v) is 15.1. The van der Waals surface area contributed by atoms with Crippen molar-refractivity contribution >= 4 is 39.1 Å². The number of thiophene rings is 1. The van der Waals surface area contributed by atoms with E-state index in [1.165, 1.54) is 15.3 Å². The zero-order chi connectivity index (χ0) is 16.5. The summed E-state index contributed by atoms with van der Waals surface area (Å²) in [6.45, 7) is 6.51. The quantitative estimate of drug-likeness (QED) is 0.807. The third-order valence-electron chi connectivity index (χ3n) is 3.03. The number of carbonyl (C=O) groups is 1. The van der Waals surface area contributed by atoms with Crippen molar-refractivity contribution in [2.75, 3.05) is 26.2 Å². The predicted molar refractivity (Wildman–Crippen MR) is 85.9 cm³/mol. The fraction of sp³-hybridized carbons (Fsp3) is 0.615. The van der Waals surface area contributed by atoms with Gasteiger partial charge < -0.3 is 9.64 Å². The van der Waals surface area contributed by atoms with Crippen LogP contribution in [0.4, 0.5) is 4.79 Å². The molecule has 2 heterocycles. The second-order valence-corrected chi connectivity index (χ2v) is 9.81. The van der Waals surface area contributed by atoms with E-state index in [4.69, 9.17) is 16.3 Å². The number of carbonyl (C=O) groups excluding carboxylic acids is 1. The van der Waals surface area contributed by atoms with Gasteiger partial charge in [0.15, 0.2) is 0 Å². The van der Waals surface area contributed by atoms with Gasteiger partial charge in [0.05, 0.1) is 4.34 Å². The number of ether oxygens (including phenoxy) is 1. The van der Waals surface area contributed by atoms with E-state index in [9.17, 15) is 13.2 Å². The van der Waals surface area contributed by atoms with Gasteiger partial charge >= 0.3 is 6.09 Å². The lowest BCUT2D eigenvalue weighted by molar-refractivity contribution is 0.0192. The lowest BCUT2D eigenvalue weighted by Gasteiger charge is -2.34. The van der Waals surface area contributed by atoms with Gasteiger partial charge in [-0.2, -0.15) is 4.31 Å². The van der Waals surface area contributed by atoms with Crippen LogP contribution in [0.1, 0.15) is 20.8 Å². The molecule has 2 rings (SSSR count). The topological polar surface area (TPSA) is 66.9 Å². The van der Waals surface area contributed by atoms with Crippen LogP contribution in [0.2, 0.25) is 4.34 Å². The Morgan fingerprint density at radius 1 is 1.23 bits per heavy atom. The molecule has 1 fully saturated rings. The molecule has 0 saturated carbocycles. The maximum absolute atomic E-state index is 12.4. The maximum atomic E-state index is 12.4. The van der Waals surface area contributed by atoms with Crippen LogP contribution in [0.5, 0.6) is 0 Å². The van der Waals surface area contributed by atoms with Crippen molar-refractivity contribution in [3.8, 4) is 0 Å². The van der Waals surface area contributed by atoms with Crippen LogP contribution in [-0.4, -0.2) is 55.5 Å². The molecule has 0 spiro atoms. The van der Waals surface area contributed by atoms with E-state index in [-0.39, 0.29) is 17.3 Å². The molecule has 0 aliphatic carbocycles. The summed E-state index contributed by atoms with van der Waals surface area (Å²) in [5.74, 6) is 0. The van der Waals surface area contributed by atoms with Crippen LogP contribution >= 0.6 is 22.9 Å². The van der Waals surface area contributed by atoms with Crippen molar-refractivity contribution in [3.05, 3.63) is 16.5 Å². The van der Waals surface area contributed by atoms with Crippen LogP contribution < -0.4 is 0 Å². The van der Waals surface area contributed by atoms with Gasteiger partial charge in [0, 0.05) is 26.2 Å². The highest BCUT2D eigenvalue weighted by Gasteiger charge is 2.32. The van der Waals surface area contributed by atoms with Gasteiger partial charge in [0.25, 0.3) is 10.0 Å². The highest BCUT2D eigenvalue weighted by molar-refractivity contribution is 7.91. The minimum Gasteiger partial charge on any atom is -0.444 e.